The largest absolute Gasteiger partial charge is 0.349 e. The molecule has 0 spiro atoms. The van der Waals surface area contributed by atoms with Gasteiger partial charge < -0.3 is 11.1 Å². The monoisotopic (exact) mass is 276 g/mol. The molecule has 3 N–H and O–H groups in total. The minimum Gasteiger partial charge on any atom is -0.349 e. The maximum atomic E-state index is 12.9. The second-order valence-electron chi connectivity index (χ2n) is 6.19. The molecule has 0 heterocycles. The zero-order chi connectivity index (χ0) is 14.1. The number of hydrogen-bond donors (Lipinski definition) is 2. The van der Waals surface area contributed by atoms with Crippen molar-refractivity contribution in [2.45, 2.75) is 44.2 Å². The second-order valence-corrected chi connectivity index (χ2v) is 6.19. The molecule has 2 fully saturated rings. The van der Waals surface area contributed by atoms with E-state index in [4.69, 9.17) is 5.73 Å². The first-order valence-corrected chi connectivity index (χ1v) is 7.45. The van der Waals surface area contributed by atoms with Gasteiger partial charge in [0, 0.05) is 17.6 Å². The summed E-state index contributed by atoms with van der Waals surface area (Å²) in [6.07, 6.45) is 5.55. The molecule has 20 heavy (non-hydrogen) atoms. The van der Waals surface area contributed by atoms with Gasteiger partial charge in [0.15, 0.2) is 0 Å². The Morgan fingerprint density at radius 2 is 1.75 bits per heavy atom. The molecule has 4 heteroatoms. The maximum absolute atomic E-state index is 12.9. The Kier molecular flexibility index (Phi) is 3.74. The minimum absolute atomic E-state index is 0.0950. The van der Waals surface area contributed by atoms with Crippen molar-refractivity contribution in [3.05, 3.63) is 35.6 Å². The van der Waals surface area contributed by atoms with Crippen molar-refractivity contribution >= 4 is 5.91 Å². The van der Waals surface area contributed by atoms with Crippen LogP contribution in [-0.2, 0) is 0 Å². The fraction of sp³-hybridized carbons (Fsp3) is 0.562. The van der Waals surface area contributed by atoms with Crippen LogP contribution in [0.4, 0.5) is 4.39 Å². The molecule has 2 aliphatic rings. The molecule has 0 aromatic heterocycles. The topological polar surface area (TPSA) is 55.1 Å². The first kappa shape index (κ1) is 13.6. The Hall–Kier alpha value is -1.42. The van der Waals surface area contributed by atoms with Crippen molar-refractivity contribution in [3.63, 3.8) is 0 Å². The van der Waals surface area contributed by atoms with Gasteiger partial charge in [0.05, 0.1) is 0 Å². The highest BCUT2D eigenvalue weighted by atomic mass is 19.1. The number of hydrogen-bond acceptors (Lipinski definition) is 2. The number of benzene rings is 1. The lowest BCUT2D eigenvalue weighted by atomic mass is 9.67. The van der Waals surface area contributed by atoms with Crippen molar-refractivity contribution in [1.29, 1.82) is 0 Å². The van der Waals surface area contributed by atoms with Gasteiger partial charge in [-0.1, -0.05) is 6.42 Å². The van der Waals surface area contributed by atoms with E-state index in [1.165, 1.54) is 30.7 Å². The summed E-state index contributed by atoms with van der Waals surface area (Å²) >= 11 is 0. The predicted octanol–water partition coefficient (Wildman–Crippen LogP) is 2.46. The van der Waals surface area contributed by atoms with E-state index in [1.807, 2.05) is 0 Å². The van der Waals surface area contributed by atoms with Crippen molar-refractivity contribution < 1.29 is 9.18 Å². The third-order valence-electron chi connectivity index (χ3n) is 4.78. The van der Waals surface area contributed by atoms with Crippen molar-refractivity contribution in [3.8, 4) is 0 Å². The average molecular weight is 276 g/mol. The third-order valence-corrected chi connectivity index (χ3v) is 4.78. The molecule has 0 radical (unpaired) electrons. The predicted molar refractivity (Wildman–Crippen MR) is 75.7 cm³/mol. The van der Waals surface area contributed by atoms with Gasteiger partial charge in [-0.2, -0.15) is 0 Å². The maximum Gasteiger partial charge on any atom is 0.251 e. The summed E-state index contributed by atoms with van der Waals surface area (Å²) < 4.78 is 12.9. The quantitative estimate of drug-likeness (QED) is 0.872. The molecular formula is C16H21FN2O. The molecule has 108 valence electrons. The molecule has 2 saturated carbocycles. The summed E-state index contributed by atoms with van der Waals surface area (Å²) in [6.45, 7) is 0. The number of amides is 1. The van der Waals surface area contributed by atoms with Gasteiger partial charge in [0.2, 0.25) is 0 Å². The van der Waals surface area contributed by atoms with Gasteiger partial charge in [-0.15, -0.1) is 0 Å². The summed E-state index contributed by atoms with van der Waals surface area (Å²) in [5, 5.41) is 3.16. The average Bonchev–Trinajstić information content (AvgIpc) is 2.40. The standard InChI is InChI=1S/C16H21FN2O/c17-13-6-4-10(5-7-13)16(20)19-15-11-2-1-3-12(15)9-14(18)8-11/h4-7,11-12,14-15H,1-3,8-9,18H2,(H,19,20). The van der Waals surface area contributed by atoms with E-state index in [9.17, 15) is 9.18 Å². The van der Waals surface area contributed by atoms with Crippen LogP contribution in [-0.4, -0.2) is 18.0 Å². The number of fused-ring (bicyclic) bond motifs is 2. The van der Waals surface area contributed by atoms with E-state index in [2.05, 4.69) is 5.32 Å². The van der Waals surface area contributed by atoms with Crippen molar-refractivity contribution in [2.24, 2.45) is 17.6 Å². The number of nitrogens with two attached hydrogens (primary N) is 1. The van der Waals surface area contributed by atoms with Gasteiger partial charge in [0.1, 0.15) is 5.82 Å². The molecular weight excluding hydrogens is 255 g/mol. The number of carbonyl (C=O) groups excluding carboxylic acids is 1. The van der Waals surface area contributed by atoms with Crippen LogP contribution in [0.1, 0.15) is 42.5 Å². The summed E-state index contributed by atoms with van der Waals surface area (Å²) in [5.41, 5.74) is 6.62. The lowest BCUT2D eigenvalue weighted by Gasteiger charge is -2.45. The van der Waals surface area contributed by atoms with Gasteiger partial charge >= 0.3 is 0 Å². The molecule has 2 bridgehead atoms. The van der Waals surface area contributed by atoms with Crippen LogP contribution in [0.5, 0.6) is 0 Å². The highest BCUT2D eigenvalue weighted by Gasteiger charge is 2.39. The highest BCUT2D eigenvalue weighted by molar-refractivity contribution is 5.94. The zero-order valence-corrected chi connectivity index (χ0v) is 11.5. The van der Waals surface area contributed by atoms with Gasteiger partial charge in [0.25, 0.3) is 5.91 Å². The zero-order valence-electron chi connectivity index (χ0n) is 11.5. The van der Waals surface area contributed by atoms with E-state index >= 15 is 0 Å². The summed E-state index contributed by atoms with van der Waals surface area (Å²) in [5.74, 6) is 0.591. The van der Waals surface area contributed by atoms with E-state index < -0.39 is 0 Å². The Morgan fingerprint density at radius 3 is 2.35 bits per heavy atom. The van der Waals surface area contributed by atoms with Crippen molar-refractivity contribution in [2.75, 3.05) is 0 Å². The van der Waals surface area contributed by atoms with Crippen LogP contribution in [0.3, 0.4) is 0 Å². The molecule has 0 saturated heterocycles. The van der Waals surface area contributed by atoms with E-state index in [0.29, 0.717) is 17.4 Å². The smallest absolute Gasteiger partial charge is 0.251 e. The fourth-order valence-electron chi connectivity index (χ4n) is 3.86. The highest BCUT2D eigenvalue weighted by Crippen LogP contribution is 2.39. The number of carbonyl (C=O) groups is 1. The van der Waals surface area contributed by atoms with E-state index in [-0.39, 0.29) is 23.8 Å². The van der Waals surface area contributed by atoms with Crippen LogP contribution in [0.15, 0.2) is 24.3 Å². The van der Waals surface area contributed by atoms with Gasteiger partial charge in [-0.25, -0.2) is 4.39 Å². The Balaban J connectivity index is 1.70. The lowest BCUT2D eigenvalue weighted by Crippen LogP contribution is -2.53. The minimum atomic E-state index is -0.318. The summed E-state index contributed by atoms with van der Waals surface area (Å²) in [6, 6.07) is 6.24. The molecule has 3 nitrogen and oxygen atoms in total. The molecule has 0 aliphatic heterocycles. The molecule has 2 unspecified atom stereocenters. The first-order chi connectivity index (χ1) is 9.63. The molecule has 1 amide bonds. The number of nitrogens with one attached hydrogen (secondary N) is 1. The van der Waals surface area contributed by atoms with Crippen LogP contribution in [0.25, 0.3) is 0 Å². The SMILES string of the molecule is NC1CC2CCCC(C1)C2NC(=O)c1ccc(F)cc1. The van der Waals surface area contributed by atoms with Crippen LogP contribution >= 0.6 is 0 Å². The van der Waals surface area contributed by atoms with Crippen LogP contribution in [0.2, 0.25) is 0 Å². The first-order valence-electron chi connectivity index (χ1n) is 7.45. The van der Waals surface area contributed by atoms with Gasteiger partial charge in [-0.3, -0.25) is 4.79 Å². The summed E-state index contributed by atoms with van der Waals surface area (Å²) in [7, 11) is 0. The van der Waals surface area contributed by atoms with E-state index in [0.717, 1.165) is 25.7 Å². The summed E-state index contributed by atoms with van der Waals surface area (Å²) in [4.78, 5) is 12.3. The lowest BCUT2D eigenvalue weighted by molar-refractivity contribution is 0.0756. The molecule has 1 aromatic rings. The normalized spacial score (nSPS) is 32.7. The van der Waals surface area contributed by atoms with Crippen LogP contribution < -0.4 is 11.1 Å². The third kappa shape index (κ3) is 2.70. The molecule has 2 atom stereocenters. The second kappa shape index (κ2) is 5.52. The molecule has 1 aromatic carbocycles. The van der Waals surface area contributed by atoms with Crippen LogP contribution in [0, 0.1) is 17.7 Å². The van der Waals surface area contributed by atoms with E-state index in [1.54, 1.807) is 0 Å². The molecule has 3 rings (SSSR count). The Bertz CT molecular complexity index is 474. The Morgan fingerprint density at radius 1 is 1.15 bits per heavy atom. The fourth-order valence-corrected chi connectivity index (χ4v) is 3.86. The number of halogens is 1. The van der Waals surface area contributed by atoms with Crippen molar-refractivity contribution in [1.82, 2.24) is 5.32 Å². The Labute approximate surface area is 118 Å². The molecule has 2 aliphatic carbocycles. The van der Waals surface area contributed by atoms with Gasteiger partial charge in [-0.05, 0) is 61.8 Å². The number of rotatable bonds is 2.